The Morgan fingerprint density at radius 2 is 1.71 bits per heavy atom. The predicted molar refractivity (Wildman–Crippen MR) is 66.0 cm³/mol. The monoisotopic (exact) mass is 264 g/mol. The highest BCUT2D eigenvalue weighted by atomic mass is 28.4. The highest BCUT2D eigenvalue weighted by Gasteiger charge is 2.48. The van der Waals surface area contributed by atoms with Gasteiger partial charge < -0.3 is 24.5 Å². The molecular formula is C11H24O5Si. The van der Waals surface area contributed by atoms with Gasteiger partial charge in [-0.1, -0.05) is 20.8 Å². The number of ether oxygens (including phenoxy) is 1. The second-order valence-corrected chi connectivity index (χ2v) is 10.8. The molecule has 0 bridgehead atoms. The van der Waals surface area contributed by atoms with Crippen molar-refractivity contribution in [2.24, 2.45) is 0 Å². The maximum atomic E-state index is 9.80. The maximum absolute atomic E-state index is 9.80. The Labute approximate surface area is 103 Å². The Morgan fingerprint density at radius 1 is 1.18 bits per heavy atom. The largest absolute Gasteiger partial charge is 0.394 e. The van der Waals surface area contributed by atoms with E-state index in [-0.39, 0.29) is 11.6 Å². The molecule has 5 nitrogen and oxygen atoms in total. The lowest BCUT2D eigenvalue weighted by atomic mass is 10.1. The fourth-order valence-corrected chi connectivity index (χ4v) is 2.56. The Hall–Kier alpha value is 0.0169. The van der Waals surface area contributed by atoms with Gasteiger partial charge in [0.1, 0.15) is 18.3 Å². The molecule has 0 radical (unpaired) electrons. The van der Waals surface area contributed by atoms with Crippen LogP contribution >= 0.6 is 0 Å². The summed E-state index contributed by atoms with van der Waals surface area (Å²) in [4.78, 5) is 0. The third kappa shape index (κ3) is 3.07. The van der Waals surface area contributed by atoms with Gasteiger partial charge in [0.2, 0.25) is 0 Å². The zero-order chi connectivity index (χ0) is 13.4. The van der Waals surface area contributed by atoms with E-state index >= 15 is 0 Å². The van der Waals surface area contributed by atoms with Crippen LogP contribution in [0.4, 0.5) is 0 Å². The smallest absolute Gasteiger partial charge is 0.195 e. The molecule has 0 aliphatic carbocycles. The average Bonchev–Trinajstić information content (AvgIpc) is 2.43. The summed E-state index contributed by atoms with van der Waals surface area (Å²) in [6, 6.07) is 0. The maximum Gasteiger partial charge on any atom is 0.195 e. The molecular weight excluding hydrogens is 240 g/mol. The van der Waals surface area contributed by atoms with Crippen LogP contribution in [0.2, 0.25) is 18.1 Å². The molecule has 1 fully saturated rings. The molecule has 6 heteroatoms. The molecule has 1 aliphatic heterocycles. The molecule has 0 aromatic carbocycles. The van der Waals surface area contributed by atoms with E-state index in [0.717, 1.165) is 0 Å². The number of hydrogen-bond acceptors (Lipinski definition) is 5. The summed E-state index contributed by atoms with van der Waals surface area (Å²) < 4.78 is 11.2. The number of aliphatic hydroxyl groups excluding tert-OH is 3. The van der Waals surface area contributed by atoms with Crippen LogP contribution in [0.5, 0.6) is 0 Å². The van der Waals surface area contributed by atoms with Crippen LogP contribution in [0.3, 0.4) is 0 Å². The van der Waals surface area contributed by atoms with Crippen molar-refractivity contribution in [3.63, 3.8) is 0 Å². The van der Waals surface area contributed by atoms with Gasteiger partial charge in [-0.05, 0) is 18.1 Å². The van der Waals surface area contributed by atoms with E-state index in [4.69, 9.17) is 14.3 Å². The van der Waals surface area contributed by atoms with Crippen molar-refractivity contribution < 1.29 is 24.5 Å². The van der Waals surface area contributed by atoms with E-state index in [1.807, 2.05) is 13.1 Å². The predicted octanol–water partition coefficient (Wildman–Crippen LogP) is 0.447. The fraction of sp³-hybridized carbons (Fsp3) is 1.00. The van der Waals surface area contributed by atoms with E-state index in [9.17, 15) is 10.2 Å². The molecule has 0 amide bonds. The minimum atomic E-state index is -2.06. The van der Waals surface area contributed by atoms with Crippen molar-refractivity contribution in [1.29, 1.82) is 0 Å². The molecule has 4 atom stereocenters. The van der Waals surface area contributed by atoms with Crippen molar-refractivity contribution in [2.75, 3.05) is 6.61 Å². The highest BCUT2D eigenvalue weighted by Crippen LogP contribution is 2.39. The quantitative estimate of drug-likeness (QED) is 0.645. The van der Waals surface area contributed by atoms with Gasteiger partial charge in [-0.15, -0.1) is 0 Å². The van der Waals surface area contributed by atoms with Gasteiger partial charge >= 0.3 is 0 Å². The molecule has 1 heterocycles. The molecule has 3 N–H and O–H groups in total. The zero-order valence-corrected chi connectivity index (χ0v) is 12.2. The number of rotatable bonds is 3. The van der Waals surface area contributed by atoms with Crippen LogP contribution < -0.4 is 0 Å². The first-order valence-electron chi connectivity index (χ1n) is 5.90. The summed E-state index contributed by atoms with van der Waals surface area (Å²) in [5.74, 6) is 0. The molecule has 1 saturated heterocycles. The van der Waals surface area contributed by atoms with E-state index in [1.165, 1.54) is 0 Å². The number of hydrogen-bond donors (Lipinski definition) is 3. The van der Waals surface area contributed by atoms with E-state index in [1.54, 1.807) is 0 Å². The van der Waals surface area contributed by atoms with Crippen molar-refractivity contribution in [3.8, 4) is 0 Å². The third-order valence-corrected chi connectivity index (χ3v) is 8.15. The first-order chi connectivity index (χ1) is 7.60. The Kier molecular flexibility index (Phi) is 4.39. The summed E-state index contributed by atoms with van der Waals surface area (Å²) in [5.41, 5.74) is 0. The van der Waals surface area contributed by atoms with Crippen molar-refractivity contribution in [1.82, 2.24) is 0 Å². The molecule has 1 aliphatic rings. The lowest BCUT2D eigenvalue weighted by Gasteiger charge is -2.38. The van der Waals surface area contributed by atoms with Crippen molar-refractivity contribution in [2.45, 2.75) is 63.5 Å². The van der Waals surface area contributed by atoms with Crippen LogP contribution in [-0.4, -0.2) is 54.8 Å². The van der Waals surface area contributed by atoms with Crippen LogP contribution in [0.1, 0.15) is 20.8 Å². The highest BCUT2D eigenvalue weighted by molar-refractivity contribution is 6.74. The molecule has 1 rings (SSSR count). The number of aliphatic hydroxyl groups is 3. The zero-order valence-electron chi connectivity index (χ0n) is 11.2. The standard InChI is InChI=1S/C11H24O5Si/c1-11(2,3)17(4,5)16-10-9(14)8(13)7(6-12)15-10/h7-10,12-14H,6H2,1-5H3/t7-,8-,9-,10+/m1/s1. The van der Waals surface area contributed by atoms with Gasteiger partial charge in [0, 0.05) is 0 Å². The Balaban J connectivity index is 2.71. The molecule has 17 heavy (non-hydrogen) atoms. The first kappa shape index (κ1) is 15.1. The second-order valence-electron chi connectivity index (χ2n) is 6.08. The normalized spacial score (nSPS) is 35.3. The molecule has 0 unspecified atom stereocenters. The van der Waals surface area contributed by atoms with Gasteiger partial charge in [0.25, 0.3) is 0 Å². The second kappa shape index (κ2) is 4.95. The topological polar surface area (TPSA) is 79.2 Å². The molecule has 0 aromatic rings. The lowest BCUT2D eigenvalue weighted by Crippen LogP contribution is -2.47. The molecule has 0 spiro atoms. The minimum absolute atomic E-state index is 0.00165. The van der Waals surface area contributed by atoms with E-state index < -0.39 is 32.9 Å². The van der Waals surface area contributed by atoms with Gasteiger partial charge in [-0.3, -0.25) is 0 Å². The minimum Gasteiger partial charge on any atom is -0.394 e. The van der Waals surface area contributed by atoms with Crippen molar-refractivity contribution >= 4 is 8.32 Å². The SMILES string of the molecule is CC(C)(C)[Si](C)(C)O[C@@H]1O[C@H](CO)[C@@H](O)[C@H]1O. The van der Waals surface area contributed by atoms with E-state index in [0.29, 0.717) is 0 Å². The van der Waals surface area contributed by atoms with Gasteiger partial charge in [0.05, 0.1) is 6.61 Å². The summed E-state index contributed by atoms with van der Waals surface area (Å²) in [5, 5.41) is 28.4. The lowest BCUT2D eigenvalue weighted by molar-refractivity contribution is -0.123. The van der Waals surface area contributed by atoms with Gasteiger partial charge in [0.15, 0.2) is 14.6 Å². The van der Waals surface area contributed by atoms with Crippen LogP contribution in [0.15, 0.2) is 0 Å². The molecule has 0 saturated carbocycles. The van der Waals surface area contributed by atoms with Crippen LogP contribution in [0.25, 0.3) is 0 Å². The Morgan fingerprint density at radius 3 is 2.06 bits per heavy atom. The van der Waals surface area contributed by atoms with Gasteiger partial charge in [-0.2, -0.15) is 0 Å². The van der Waals surface area contributed by atoms with E-state index in [2.05, 4.69) is 20.8 Å². The fourth-order valence-electron chi connectivity index (χ4n) is 1.43. The third-order valence-electron chi connectivity index (χ3n) is 3.72. The summed E-state index contributed by atoms with van der Waals surface area (Å²) in [6.45, 7) is 10.0. The van der Waals surface area contributed by atoms with Crippen molar-refractivity contribution in [3.05, 3.63) is 0 Å². The summed E-state index contributed by atoms with van der Waals surface area (Å²) in [7, 11) is -2.06. The average molecular weight is 264 g/mol. The molecule has 102 valence electrons. The summed E-state index contributed by atoms with van der Waals surface area (Å²) >= 11 is 0. The Bertz CT molecular complexity index is 263. The van der Waals surface area contributed by atoms with Gasteiger partial charge in [-0.25, -0.2) is 0 Å². The van der Waals surface area contributed by atoms with Crippen LogP contribution in [0, 0.1) is 0 Å². The molecule has 0 aromatic heterocycles. The summed E-state index contributed by atoms with van der Waals surface area (Å²) in [6.07, 6.45) is -3.79. The van der Waals surface area contributed by atoms with Crippen LogP contribution in [-0.2, 0) is 9.16 Å². The first-order valence-corrected chi connectivity index (χ1v) is 8.81.